The molecule has 7 nitrogen and oxygen atoms in total. The molecular formula is C11H10N4O3. The van der Waals surface area contributed by atoms with Crippen LogP contribution in [0.5, 0.6) is 0 Å². The van der Waals surface area contributed by atoms with Crippen molar-refractivity contribution in [1.82, 2.24) is 14.8 Å². The zero-order valence-corrected chi connectivity index (χ0v) is 9.39. The predicted octanol–water partition coefficient (Wildman–Crippen LogP) is 1.25. The fourth-order valence-corrected chi connectivity index (χ4v) is 1.66. The highest BCUT2D eigenvalue weighted by molar-refractivity contribution is 5.58. The van der Waals surface area contributed by atoms with E-state index in [1.165, 1.54) is 12.1 Å². The number of nitrogens with zero attached hydrogens (tertiary/aromatic N) is 4. The molecule has 1 saturated heterocycles. The molecule has 0 aliphatic carbocycles. The molecule has 0 N–H and O–H groups in total. The fraction of sp³-hybridized carbons (Fsp3) is 0.273. The smallest absolute Gasteiger partial charge is 0.270 e. The summed E-state index contributed by atoms with van der Waals surface area (Å²) >= 11 is 0. The van der Waals surface area contributed by atoms with Gasteiger partial charge in [-0.3, -0.25) is 10.1 Å². The van der Waals surface area contributed by atoms with E-state index < -0.39 is 4.92 Å². The number of aromatic nitrogens is 3. The number of ether oxygens (including phenoxy) is 1. The van der Waals surface area contributed by atoms with Gasteiger partial charge in [0, 0.05) is 17.7 Å². The van der Waals surface area contributed by atoms with Crippen LogP contribution < -0.4 is 0 Å². The molecule has 1 aromatic heterocycles. The van der Waals surface area contributed by atoms with Crippen molar-refractivity contribution in [2.45, 2.75) is 12.6 Å². The summed E-state index contributed by atoms with van der Waals surface area (Å²) in [7, 11) is 0. The normalized spacial score (nSPS) is 17.7. The highest BCUT2D eigenvalue weighted by Gasteiger charge is 2.23. The third-order valence-electron chi connectivity index (χ3n) is 2.64. The molecule has 92 valence electrons. The summed E-state index contributed by atoms with van der Waals surface area (Å²) in [6, 6.07) is 6.28. The van der Waals surface area contributed by atoms with E-state index in [4.69, 9.17) is 4.74 Å². The second kappa shape index (κ2) is 4.19. The monoisotopic (exact) mass is 246 g/mol. The maximum atomic E-state index is 10.7. The standard InChI is InChI=1S/C11H10N4O3/c16-15(17)9-3-1-2-8(4-9)11-12-7-14(13-11)5-10-6-18-10/h1-4,7,10H,5-6H2. The van der Waals surface area contributed by atoms with Crippen LogP contribution in [0.3, 0.4) is 0 Å². The highest BCUT2D eigenvalue weighted by Crippen LogP contribution is 2.21. The summed E-state index contributed by atoms with van der Waals surface area (Å²) in [6.07, 6.45) is 1.83. The van der Waals surface area contributed by atoms with Gasteiger partial charge in [-0.15, -0.1) is 0 Å². The summed E-state index contributed by atoms with van der Waals surface area (Å²) in [5, 5.41) is 15.0. The van der Waals surface area contributed by atoms with Crippen LogP contribution in [0.15, 0.2) is 30.6 Å². The lowest BCUT2D eigenvalue weighted by molar-refractivity contribution is -0.384. The first-order valence-electron chi connectivity index (χ1n) is 5.48. The first-order valence-corrected chi connectivity index (χ1v) is 5.48. The number of hydrogen-bond donors (Lipinski definition) is 0. The molecule has 18 heavy (non-hydrogen) atoms. The first-order chi connectivity index (χ1) is 8.72. The molecule has 1 aromatic carbocycles. The molecule has 0 radical (unpaired) electrons. The second-order valence-electron chi connectivity index (χ2n) is 4.05. The van der Waals surface area contributed by atoms with Crippen LogP contribution >= 0.6 is 0 Å². The Labute approximate surface area is 102 Å². The maximum absolute atomic E-state index is 10.7. The van der Waals surface area contributed by atoms with Crippen LogP contribution in [0.4, 0.5) is 5.69 Å². The summed E-state index contributed by atoms with van der Waals surface area (Å²) in [6.45, 7) is 1.42. The fourth-order valence-electron chi connectivity index (χ4n) is 1.66. The third-order valence-corrected chi connectivity index (χ3v) is 2.64. The molecule has 0 bridgehead atoms. The van der Waals surface area contributed by atoms with Gasteiger partial charge in [-0.2, -0.15) is 5.10 Å². The molecule has 1 aliphatic rings. The molecule has 2 heterocycles. The van der Waals surface area contributed by atoms with Gasteiger partial charge in [0.1, 0.15) is 12.4 Å². The average molecular weight is 246 g/mol. The minimum absolute atomic E-state index is 0.0365. The van der Waals surface area contributed by atoms with Crippen LogP contribution in [0.25, 0.3) is 11.4 Å². The van der Waals surface area contributed by atoms with Crippen LogP contribution in [-0.2, 0) is 11.3 Å². The van der Waals surface area contributed by atoms with Gasteiger partial charge >= 0.3 is 0 Å². The lowest BCUT2D eigenvalue weighted by atomic mass is 10.2. The number of benzene rings is 1. The number of nitro benzene ring substituents is 1. The van der Waals surface area contributed by atoms with Crippen molar-refractivity contribution >= 4 is 5.69 Å². The third kappa shape index (κ3) is 2.21. The largest absolute Gasteiger partial charge is 0.371 e. The van der Waals surface area contributed by atoms with E-state index in [2.05, 4.69) is 10.1 Å². The number of epoxide rings is 1. The minimum atomic E-state index is -0.432. The molecular weight excluding hydrogens is 236 g/mol. The van der Waals surface area contributed by atoms with Gasteiger partial charge < -0.3 is 4.74 Å². The van der Waals surface area contributed by atoms with Gasteiger partial charge in [0.2, 0.25) is 0 Å². The van der Waals surface area contributed by atoms with Crippen LogP contribution in [0, 0.1) is 10.1 Å². The molecule has 0 saturated carbocycles. The Morgan fingerprint density at radius 3 is 3.11 bits per heavy atom. The molecule has 1 fully saturated rings. The molecule has 0 spiro atoms. The molecule has 7 heteroatoms. The Kier molecular flexibility index (Phi) is 2.52. The SMILES string of the molecule is O=[N+]([O-])c1cccc(-c2ncn(CC3CO3)n2)c1. The van der Waals surface area contributed by atoms with Gasteiger partial charge in [-0.25, -0.2) is 9.67 Å². The molecule has 1 atom stereocenters. The predicted molar refractivity (Wildman–Crippen MR) is 61.9 cm³/mol. The summed E-state index contributed by atoms with van der Waals surface area (Å²) in [4.78, 5) is 14.4. The maximum Gasteiger partial charge on any atom is 0.270 e. The summed E-state index contributed by atoms with van der Waals surface area (Å²) in [5.74, 6) is 0.486. The Morgan fingerprint density at radius 1 is 1.56 bits per heavy atom. The Bertz CT molecular complexity index is 591. The lowest BCUT2D eigenvalue weighted by Gasteiger charge is -1.96. The average Bonchev–Trinajstić information content (AvgIpc) is 3.05. The van der Waals surface area contributed by atoms with Crippen molar-refractivity contribution < 1.29 is 9.66 Å². The van der Waals surface area contributed by atoms with Crippen LogP contribution in [0.1, 0.15) is 0 Å². The number of rotatable bonds is 4. The van der Waals surface area contributed by atoms with E-state index in [9.17, 15) is 10.1 Å². The van der Waals surface area contributed by atoms with E-state index in [1.54, 1.807) is 23.1 Å². The Morgan fingerprint density at radius 2 is 2.39 bits per heavy atom. The zero-order chi connectivity index (χ0) is 12.5. The molecule has 1 aliphatic heterocycles. The van der Waals surface area contributed by atoms with Crippen molar-refractivity contribution in [3.63, 3.8) is 0 Å². The van der Waals surface area contributed by atoms with Crippen molar-refractivity contribution in [3.05, 3.63) is 40.7 Å². The number of hydrogen-bond acceptors (Lipinski definition) is 5. The van der Waals surface area contributed by atoms with E-state index >= 15 is 0 Å². The van der Waals surface area contributed by atoms with Gasteiger partial charge in [0.15, 0.2) is 5.82 Å². The van der Waals surface area contributed by atoms with E-state index in [-0.39, 0.29) is 11.8 Å². The molecule has 0 amide bonds. The number of nitro groups is 1. The van der Waals surface area contributed by atoms with Crippen LogP contribution in [0.2, 0.25) is 0 Å². The van der Waals surface area contributed by atoms with Gasteiger partial charge in [-0.05, 0) is 0 Å². The van der Waals surface area contributed by atoms with Crippen molar-refractivity contribution in [3.8, 4) is 11.4 Å². The molecule has 2 aromatic rings. The number of non-ortho nitro benzene ring substituents is 1. The first kappa shape index (κ1) is 10.8. The van der Waals surface area contributed by atoms with Gasteiger partial charge in [-0.1, -0.05) is 12.1 Å². The second-order valence-corrected chi connectivity index (χ2v) is 4.05. The van der Waals surface area contributed by atoms with E-state index in [0.29, 0.717) is 17.9 Å². The highest BCUT2D eigenvalue weighted by atomic mass is 16.6. The molecule has 3 rings (SSSR count). The lowest BCUT2D eigenvalue weighted by Crippen LogP contribution is -2.04. The van der Waals surface area contributed by atoms with Gasteiger partial charge in [0.05, 0.1) is 18.1 Å². The summed E-state index contributed by atoms with van der Waals surface area (Å²) in [5.41, 5.74) is 0.675. The zero-order valence-electron chi connectivity index (χ0n) is 9.39. The van der Waals surface area contributed by atoms with Crippen molar-refractivity contribution in [1.29, 1.82) is 0 Å². The van der Waals surface area contributed by atoms with Crippen molar-refractivity contribution in [2.24, 2.45) is 0 Å². The quantitative estimate of drug-likeness (QED) is 0.460. The summed E-state index contributed by atoms with van der Waals surface area (Å²) < 4.78 is 6.79. The topological polar surface area (TPSA) is 86.4 Å². The van der Waals surface area contributed by atoms with Crippen molar-refractivity contribution in [2.75, 3.05) is 6.61 Å². The Balaban J connectivity index is 1.86. The van der Waals surface area contributed by atoms with Gasteiger partial charge in [0.25, 0.3) is 5.69 Å². The van der Waals surface area contributed by atoms with E-state index in [1.807, 2.05) is 0 Å². The minimum Gasteiger partial charge on any atom is -0.371 e. The molecule has 1 unspecified atom stereocenters. The van der Waals surface area contributed by atoms with Crippen LogP contribution in [-0.4, -0.2) is 32.4 Å². The van der Waals surface area contributed by atoms with E-state index in [0.717, 1.165) is 6.61 Å². The Hall–Kier alpha value is -2.28.